The smallest absolute Gasteiger partial charge is 0.264 e. The first-order chi connectivity index (χ1) is 21.9. The van der Waals surface area contributed by atoms with E-state index < -0.39 is 34.3 Å². The van der Waals surface area contributed by atoms with Gasteiger partial charge < -0.3 is 10.2 Å². The topological polar surface area (TPSA) is 86.8 Å². The third kappa shape index (κ3) is 8.73. The van der Waals surface area contributed by atoms with Gasteiger partial charge in [0.1, 0.15) is 18.4 Å². The molecule has 0 aliphatic carbocycles. The van der Waals surface area contributed by atoms with Gasteiger partial charge in [0.2, 0.25) is 11.8 Å². The zero-order chi connectivity index (χ0) is 33.4. The van der Waals surface area contributed by atoms with E-state index in [-0.39, 0.29) is 35.5 Å². The number of nitrogens with zero attached hydrogens (tertiary/aromatic N) is 2. The second-order valence-corrected chi connectivity index (χ2v) is 13.7. The van der Waals surface area contributed by atoms with E-state index in [9.17, 15) is 22.4 Å². The van der Waals surface area contributed by atoms with Crippen LogP contribution >= 0.6 is 11.6 Å². The van der Waals surface area contributed by atoms with Crippen molar-refractivity contribution in [1.82, 2.24) is 10.2 Å². The van der Waals surface area contributed by atoms with Crippen LogP contribution in [0.15, 0.2) is 102 Å². The van der Waals surface area contributed by atoms with E-state index in [1.807, 2.05) is 51.1 Å². The molecule has 4 aromatic carbocycles. The number of aryl methyl sites for hydroxylation is 2. The van der Waals surface area contributed by atoms with Crippen molar-refractivity contribution in [3.63, 3.8) is 0 Å². The monoisotopic (exact) mass is 663 g/mol. The maximum Gasteiger partial charge on any atom is 0.264 e. The van der Waals surface area contributed by atoms with Crippen LogP contribution in [0.5, 0.6) is 0 Å². The van der Waals surface area contributed by atoms with Gasteiger partial charge >= 0.3 is 0 Å². The Morgan fingerprint density at radius 1 is 0.891 bits per heavy atom. The minimum Gasteiger partial charge on any atom is -0.352 e. The lowest BCUT2D eigenvalue weighted by atomic mass is 10.0. The van der Waals surface area contributed by atoms with Gasteiger partial charge in [-0.2, -0.15) is 0 Å². The predicted molar refractivity (Wildman–Crippen MR) is 181 cm³/mol. The Hall–Kier alpha value is -4.21. The summed E-state index contributed by atoms with van der Waals surface area (Å²) in [6.45, 7) is 6.74. The maximum atomic E-state index is 14.6. The Morgan fingerprint density at radius 2 is 1.54 bits per heavy atom. The van der Waals surface area contributed by atoms with Crippen LogP contribution in [-0.2, 0) is 32.6 Å². The summed E-state index contributed by atoms with van der Waals surface area (Å²) >= 11 is 6.34. The summed E-state index contributed by atoms with van der Waals surface area (Å²) < 4.78 is 43.4. The van der Waals surface area contributed by atoms with Gasteiger partial charge in [-0.25, -0.2) is 12.8 Å². The average molecular weight is 664 g/mol. The Kier molecular flexibility index (Phi) is 11.6. The molecule has 0 aliphatic heterocycles. The van der Waals surface area contributed by atoms with E-state index >= 15 is 0 Å². The quantitative estimate of drug-likeness (QED) is 0.170. The Balaban J connectivity index is 1.83. The lowest BCUT2D eigenvalue weighted by Gasteiger charge is -2.34. The van der Waals surface area contributed by atoms with Crippen molar-refractivity contribution in [1.29, 1.82) is 0 Å². The molecule has 10 heteroatoms. The van der Waals surface area contributed by atoms with E-state index in [0.717, 1.165) is 15.4 Å². The van der Waals surface area contributed by atoms with Crippen molar-refractivity contribution < 1.29 is 22.4 Å². The first kappa shape index (κ1) is 34.7. The summed E-state index contributed by atoms with van der Waals surface area (Å²) in [4.78, 5) is 29.8. The predicted octanol–water partition coefficient (Wildman–Crippen LogP) is 6.85. The average Bonchev–Trinajstić information content (AvgIpc) is 3.04. The van der Waals surface area contributed by atoms with Gasteiger partial charge in [-0.1, -0.05) is 84.8 Å². The molecule has 0 spiro atoms. The molecule has 0 saturated heterocycles. The van der Waals surface area contributed by atoms with E-state index in [0.29, 0.717) is 22.6 Å². The van der Waals surface area contributed by atoms with Gasteiger partial charge in [-0.15, -0.1) is 0 Å². The van der Waals surface area contributed by atoms with Crippen LogP contribution in [0.25, 0.3) is 0 Å². The van der Waals surface area contributed by atoms with Crippen molar-refractivity contribution in [2.45, 2.75) is 64.1 Å². The molecule has 2 atom stereocenters. The highest BCUT2D eigenvalue weighted by Crippen LogP contribution is 2.30. The molecule has 1 N–H and O–H groups in total. The first-order valence-corrected chi connectivity index (χ1v) is 16.9. The van der Waals surface area contributed by atoms with E-state index in [2.05, 4.69) is 5.32 Å². The second kappa shape index (κ2) is 15.4. The van der Waals surface area contributed by atoms with Crippen LogP contribution in [-0.4, -0.2) is 43.8 Å². The van der Waals surface area contributed by atoms with E-state index in [4.69, 9.17) is 11.6 Å². The third-order valence-corrected chi connectivity index (χ3v) is 9.88. The molecule has 0 aliphatic rings. The first-order valence-electron chi connectivity index (χ1n) is 15.1. The van der Waals surface area contributed by atoms with Crippen molar-refractivity contribution in [3.8, 4) is 0 Å². The number of hydrogen-bond acceptors (Lipinski definition) is 4. The van der Waals surface area contributed by atoms with Crippen LogP contribution in [0.3, 0.4) is 0 Å². The number of halogens is 2. The number of benzene rings is 4. The minimum absolute atomic E-state index is 0.00529. The van der Waals surface area contributed by atoms with Gasteiger partial charge in [0, 0.05) is 24.0 Å². The van der Waals surface area contributed by atoms with Crippen molar-refractivity contribution in [2.24, 2.45) is 0 Å². The molecular weight excluding hydrogens is 625 g/mol. The molecule has 0 fully saturated rings. The Bertz CT molecular complexity index is 1750. The lowest BCUT2D eigenvalue weighted by molar-refractivity contribution is -0.140. The summed E-state index contributed by atoms with van der Waals surface area (Å²) in [5.41, 5.74) is 3.11. The largest absolute Gasteiger partial charge is 0.352 e. The molecule has 0 saturated carbocycles. The second-order valence-electron chi connectivity index (χ2n) is 11.4. The molecule has 7 nitrogen and oxygen atoms in total. The Morgan fingerprint density at radius 3 is 2.17 bits per heavy atom. The van der Waals surface area contributed by atoms with Crippen LogP contribution in [0.4, 0.5) is 10.1 Å². The van der Waals surface area contributed by atoms with Crippen molar-refractivity contribution in [3.05, 3.63) is 130 Å². The molecule has 46 heavy (non-hydrogen) atoms. The highest BCUT2D eigenvalue weighted by Gasteiger charge is 2.35. The molecule has 242 valence electrons. The minimum atomic E-state index is -4.27. The highest BCUT2D eigenvalue weighted by atomic mass is 35.5. The molecule has 0 bridgehead atoms. The normalized spacial score (nSPS) is 12.7. The number of hydrogen-bond donors (Lipinski definition) is 1. The fourth-order valence-electron chi connectivity index (χ4n) is 4.98. The van der Waals surface area contributed by atoms with Crippen LogP contribution < -0.4 is 9.62 Å². The van der Waals surface area contributed by atoms with Crippen LogP contribution in [0.1, 0.15) is 42.5 Å². The van der Waals surface area contributed by atoms with Crippen molar-refractivity contribution >= 4 is 39.1 Å². The molecular formula is C36H39ClFN3O4S. The summed E-state index contributed by atoms with van der Waals surface area (Å²) in [7, 11) is -4.27. The zero-order valence-corrected chi connectivity index (χ0v) is 28.0. The number of amides is 2. The molecule has 0 heterocycles. The highest BCUT2D eigenvalue weighted by molar-refractivity contribution is 7.92. The van der Waals surface area contributed by atoms with E-state index in [1.165, 1.54) is 35.2 Å². The molecule has 0 aromatic heterocycles. The summed E-state index contributed by atoms with van der Waals surface area (Å²) in [6, 6.07) is 25.0. The molecule has 2 amide bonds. The molecule has 0 radical (unpaired) electrons. The van der Waals surface area contributed by atoms with Crippen molar-refractivity contribution in [2.75, 3.05) is 10.8 Å². The third-order valence-electron chi connectivity index (χ3n) is 7.87. The number of nitrogens with one attached hydrogen (secondary N) is 1. The van der Waals surface area contributed by atoms with Crippen LogP contribution in [0, 0.1) is 19.7 Å². The number of rotatable bonds is 13. The number of sulfonamides is 1. The van der Waals surface area contributed by atoms with E-state index in [1.54, 1.807) is 43.3 Å². The standard InChI is InChI=1S/C36H39ClFN3O4S/c1-5-27(4)39-36(43)34(21-28-9-7-6-8-10-28)40(23-29-14-17-31(38)18-15-29)35(42)24-41(33-22-30(37)16-13-26(33)3)46(44,45)32-19-11-25(2)12-20-32/h6-20,22,27,34H,5,21,23-24H2,1-4H3,(H,39,43)/t27-,34+/m1/s1. The number of anilines is 1. The SMILES string of the molecule is CC[C@@H](C)NC(=O)[C@H](Cc1ccccc1)N(Cc1ccc(F)cc1)C(=O)CN(c1cc(Cl)ccc1C)S(=O)(=O)c1ccc(C)cc1. The van der Waals surface area contributed by atoms with Crippen LogP contribution in [0.2, 0.25) is 5.02 Å². The summed E-state index contributed by atoms with van der Waals surface area (Å²) in [5.74, 6) is -1.43. The summed E-state index contributed by atoms with van der Waals surface area (Å²) in [5, 5.41) is 3.30. The fourth-order valence-corrected chi connectivity index (χ4v) is 6.62. The van der Waals surface area contributed by atoms with Gasteiger partial charge in [0.25, 0.3) is 10.0 Å². The number of carbonyl (C=O) groups is 2. The lowest BCUT2D eigenvalue weighted by Crippen LogP contribution is -2.54. The molecule has 4 aromatic rings. The summed E-state index contributed by atoms with van der Waals surface area (Å²) in [6.07, 6.45) is 0.850. The molecule has 0 unspecified atom stereocenters. The van der Waals surface area contributed by atoms with Gasteiger partial charge in [-0.3, -0.25) is 13.9 Å². The van der Waals surface area contributed by atoms with Gasteiger partial charge in [0.05, 0.1) is 10.6 Å². The van der Waals surface area contributed by atoms with Gasteiger partial charge in [0.15, 0.2) is 0 Å². The van der Waals surface area contributed by atoms with Gasteiger partial charge in [-0.05, 0) is 80.3 Å². The fraction of sp³-hybridized carbons (Fsp3) is 0.278. The zero-order valence-electron chi connectivity index (χ0n) is 26.4. The number of carbonyl (C=O) groups excluding carboxylic acids is 2. The molecule has 4 rings (SSSR count). The maximum absolute atomic E-state index is 14.6. The Labute approximate surface area is 276 Å².